The van der Waals surface area contributed by atoms with Crippen LogP contribution in [0.4, 0.5) is 0 Å². The first-order chi connectivity index (χ1) is 13.3. The first-order valence-corrected chi connectivity index (χ1v) is 11.5. The number of hydrogen-bond acceptors (Lipinski definition) is 4. The number of hydrogen-bond donors (Lipinski definition) is 0. The molecular formula is C20H24BrN3O3S. The summed E-state index contributed by atoms with van der Waals surface area (Å²) >= 11 is 3.32. The third-order valence-electron chi connectivity index (χ3n) is 4.65. The molecule has 2 aromatic rings. The van der Waals surface area contributed by atoms with Gasteiger partial charge in [0.2, 0.25) is 15.9 Å². The lowest BCUT2D eigenvalue weighted by molar-refractivity contribution is 0.0778. The topological polar surface area (TPSA) is 71.7 Å². The number of carbonyl (C=O) groups is 1. The van der Waals surface area contributed by atoms with E-state index >= 15 is 0 Å². The molecule has 2 heterocycles. The predicted octanol–water partition coefficient (Wildman–Crippen LogP) is 3.30. The molecule has 1 unspecified atom stereocenters. The third-order valence-corrected chi connectivity index (χ3v) is 7.06. The normalized spacial score (nSPS) is 19.1. The van der Waals surface area contributed by atoms with Crippen molar-refractivity contribution in [3.63, 3.8) is 0 Å². The van der Waals surface area contributed by atoms with Crippen molar-refractivity contribution in [2.24, 2.45) is 10.9 Å². The van der Waals surface area contributed by atoms with Gasteiger partial charge in [0.1, 0.15) is 5.49 Å². The van der Waals surface area contributed by atoms with Gasteiger partial charge in [-0.25, -0.2) is 8.42 Å². The van der Waals surface area contributed by atoms with Gasteiger partial charge < -0.3 is 0 Å². The lowest BCUT2D eigenvalue weighted by atomic mass is 9.98. The third kappa shape index (κ3) is 4.61. The quantitative estimate of drug-likeness (QED) is 0.694. The van der Waals surface area contributed by atoms with Gasteiger partial charge in [-0.2, -0.15) is 4.31 Å². The summed E-state index contributed by atoms with van der Waals surface area (Å²) in [5.41, 5.74) is 0.593. The molecule has 0 N–H and O–H groups in total. The summed E-state index contributed by atoms with van der Waals surface area (Å²) in [4.78, 5) is 17.9. The Morgan fingerprint density at radius 2 is 1.89 bits per heavy atom. The van der Waals surface area contributed by atoms with E-state index in [0.717, 1.165) is 4.47 Å². The van der Waals surface area contributed by atoms with Crippen LogP contribution in [0, 0.1) is 5.92 Å². The molecule has 28 heavy (non-hydrogen) atoms. The minimum Gasteiger partial charge on any atom is -0.274 e. The number of sulfonamides is 1. The lowest BCUT2D eigenvalue weighted by Crippen LogP contribution is -2.45. The fourth-order valence-corrected chi connectivity index (χ4v) is 5.09. The van der Waals surface area contributed by atoms with Crippen molar-refractivity contribution >= 4 is 31.9 Å². The largest absolute Gasteiger partial charge is 0.274 e. The van der Waals surface area contributed by atoms with Gasteiger partial charge in [-0.05, 0) is 63.1 Å². The molecule has 0 aliphatic carbocycles. The molecule has 6 nitrogen and oxygen atoms in total. The van der Waals surface area contributed by atoms with Crippen LogP contribution in [-0.4, -0.2) is 42.3 Å². The highest BCUT2D eigenvalue weighted by Crippen LogP contribution is 2.25. The Labute approximate surface area is 174 Å². The van der Waals surface area contributed by atoms with E-state index in [0.29, 0.717) is 24.9 Å². The minimum atomic E-state index is -3.63. The summed E-state index contributed by atoms with van der Waals surface area (Å²) in [7, 11) is -3.63. The molecule has 1 fully saturated rings. The molecule has 1 aromatic carbocycles. The standard InChI is InChI=1S/C20H24BrN3O3S/c1-15(2)22-19-7-3-4-13-24(19)20(25)16-6-5-12-23(14-16)28(26,27)18-10-8-17(21)9-11-18/h3-4,7-11,13,15-16H,5-6,12,14H2,1-2H3. The van der Waals surface area contributed by atoms with Crippen molar-refractivity contribution in [1.82, 2.24) is 8.87 Å². The molecule has 1 aromatic heterocycles. The summed E-state index contributed by atoms with van der Waals surface area (Å²) in [6.07, 6.45) is 3.01. The Hall–Kier alpha value is -1.77. The highest BCUT2D eigenvalue weighted by atomic mass is 79.9. The molecule has 1 saturated heterocycles. The van der Waals surface area contributed by atoms with Crippen molar-refractivity contribution in [1.29, 1.82) is 0 Å². The van der Waals surface area contributed by atoms with Gasteiger partial charge in [0.15, 0.2) is 0 Å². The van der Waals surface area contributed by atoms with E-state index in [1.54, 1.807) is 47.2 Å². The highest BCUT2D eigenvalue weighted by Gasteiger charge is 2.33. The number of benzene rings is 1. The number of piperidine rings is 1. The lowest BCUT2D eigenvalue weighted by Gasteiger charge is -2.31. The van der Waals surface area contributed by atoms with Crippen molar-refractivity contribution in [2.75, 3.05) is 13.1 Å². The molecule has 1 atom stereocenters. The fourth-order valence-electron chi connectivity index (χ4n) is 3.30. The zero-order valence-electron chi connectivity index (χ0n) is 16.0. The van der Waals surface area contributed by atoms with Crippen molar-refractivity contribution in [3.05, 3.63) is 58.6 Å². The summed E-state index contributed by atoms with van der Waals surface area (Å²) in [6, 6.07) is 12.1. The Morgan fingerprint density at radius 3 is 2.57 bits per heavy atom. The summed E-state index contributed by atoms with van der Waals surface area (Å²) in [5.74, 6) is -0.511. The van der Waals surface area contributed by atoms with Gasteiger partial charge in [-0.15, -0.1) is 0 Å². The van der Waals surface area contributed by atoms with Gasteiger partial charge in [0, 0.05) is 29.8 Å². The zero-order valence-corrected chi connectivity index (χ0v) is 18.4. The van der Waals surface area contributed by atoms with Crippen LogP contribution in [0.3, 0.4) is 0 Å². The van der Waals surface area contributed by atoms with Crippen LogP contribution in [0.5, 0.6) is 0 Å². The summed E-state index contributed by atoms with van der Waals surface area (Å²) in [6.45, 7) is 4.51. The molecule has 0 amide bonds. The van der Waals surface area contributed by atoms with E-state index in [1.807, 2.05) is 19.9 Å². The van der Waals surface area contributed by atoms with Gasteiger partial charge in [0.25, 0.3) is 0 Å². The van der Waals surface area contributed by atoms with Gasteiger partial charge >= 0.3 is 0 Å². The zero-order chi connectivity index (χ0) is 20.3. The summed E-state index contributed by atoms with van der Waals surface area (Å²) in [5, 5.41) is 0. The van der Waals surface area contributed by atoms with Crippen LogP contribution in [0.25, 0.3) is 0 Å². The molecule has 1 aliphatic heterocycles. The fraction of sp³-hybridized carbons (Fsp3) is 0.400. The van der Waals surface area contributed by atoms with Crippen molar-refractivity contribution in [2.45, 2.75) is 37.6 Å². The predicted molar refractivity (Wildman–Crippen MR) is 111 cm³/mol. The maximum atomic E-state index is 13.1. The monoisotopic (exact) mass is 465 g/mol. The van der Waals surface area contributed by atoms with E-state index < -0.39 is 15.9 Å². The van der Waals surface area contributed by atoms with Crippen molar-refractivity contribution in [3.8, 4) is 0 Å². The SMILES string of the molecule is CC(C)N=c1ccccn1C(=O)C1CCCN(S(=O)(=O)c2ccc(Br)cc2)C1. The molecule has 8 heteroatoms. The van der Waals surface area contributed by atoms with Crippen LogP contribution in [0.2, 0.25) is 0 Å². The average molecular weight is 466 g/mol. The maximum Gasteiger partial charge on any atom is 0.243 e. The minimum absolute atomic E-state index is 0.0575. The Balaban J connectivity index is 1.86. The Morgan fingerprint density at radius 1 is 1.18 bits per heavy atom. The smallest absolute Gasteiger partial charge is 0.243 e. The number of nitrogens with zero attached hydrogens (tertiary/aromatic N) is 3. The average Bonchev–Trinajstić information content (AvgIpc) is 2.68. The number of rotatable bonds is 4. The molecule has 3 rings (SSSR count). The summed E-state index contributed by atoms with van der Waals surface area (Å²) < 4.78 is 29.8. The van der Waals surface area contributed by atoms with Crippen molar-refractivity contribution < 1.29 is 13.2 Å². The second-order valence-electron chi connectivity index (χ2n) is 7.15. The van der Waals surface area contributed by atoms with E-state index in [9.17, 15) is 13.2 Å². The molecule has 0 spiro atoms. The Kier molecular flexibility index (Phi) is 6.52. The number of pyridine rings is 1. The maximum absolute atomic E-state index is 13.1. The van der Waals surface area contributed by atoms with Crippen LogP contribution in [0.15, 0.2) is 63.0 Å². The van der Waals surface area contributed by atoms with Crippen LogP contribution in [-0.2, 0) is 10.0 Å². The molecule has 0 radical (unpaired) electrons. The van der Waals surface area contributed by atoms with E-state index in [2.05, 4.69) is 20.9 Å². The molecule has 1 aliphatic rings. The van der Waals surface area contributed by atoms with Crippen LogP contribution in [0.1, 0.15) is 31.5 Å². The molecule has 150 valence electrons. The second-order valence-corrected chi connectivity index (χ2v) is 10.00. The van der Waals surface area contributed by atoms with Gasteiger partial charge in [-0.1, -0.05) is 22.0 Å². The number of halogens is 1. The van der Waals surface area contributed by atoms with E-state index in [1.165, 1.54) is 4.31 Å². The molecule has 0 bridgehead atoms. The van der Waals surface area contributed by atoms with Crippen LogP contribution >= 0.6 is 15.9 Å². The first kappa shape index (κ1) is 21.0. The molecular weight excluding hydrogens is 442 g/mol. The van der Waals surface area contributed by atoms with E-state index in [-0.39, 0.29) is 23.4 Å². The van der Waals surface area contributed by atoms with Gasteiger partial charge in [0.05, 0.1) is 10.8 Å². The number of aromatic nitrogens is 1. The first-order valence-electron chi connectivity index (χ1n) is 9.30. The highest BCUT2D eigenvalue weighted by molar-refractivity contribution is 9.10. The van der Waals surface area contributed by atoms with Crippen LogP contribution < -0.4 is 5.49 Å². The second kappa shape index (κ2) is 8.71. The van der Waals surface area contributed by atoms with E-state index in [4.69, 9.17) is 0 Å². The number of carbonyl (C=O) groups excluding carboxylic acids is 1. The molecule has 0 saturated carbocycles. The van der Waals surface area contributed by atoms with Gasteiger partial charge in [-0.3, -0.25) is 14.4 Å². The Bertz CT molecular complexity index is 1010.